The minimum absolute atomic E-state index is 0.0754. The van der Waals surface area contributed by atoms with Gasteiger partial charge in [-0.25, -0.2) is 0 Å². The van der Waals surface area contributed by atoms with Gasteiger partial charge in [0.25, 0.3) is 0 Å². The third-order valence-electron chi connectivity index (χ3n) is 4.43. The molecule has 3 heteroatoms. The van der Waals surface area contributed by atoms with Crippen molar-refractivity contribution in [2.45, 2.75) is 57.8 Å². The average Bonchev–Trinajstić information content (AvgIpc) is 2.91. The van der Waals surface area contributed by atoms with Crippen LogP contribution >= 0.6 is 0 Å². The highest BCUT2D eigenvalue weighted by Crippen LogP contribution is 2.37. The Balaban J connectivity index is 1.58. The van der Waals surface area contributed by atoms with E-state index in [-0.39, 0.29) is 11.7 Å². The molecule has 0 spiro atoms. The van der Waals surface area contributed by atoms with Crippen LogP contribution in [0.3, 0.4) is 0 Å². The van der Waals surface area contributed by atoms with E-state index in [9.17, 15) is 5.11 Å². The van der Waals surface area contributed by atoms with E-state index in [1.54, 1.807) is 0 Å². The molecule has 1 aliphatic carbocycles. The monoisotopic (exact) mass is 275 g/mol. The fraction of sp³-hybridized carbons (Fsp3) is 0.647. The molecule has 0 amide bonds. The summed E-state index contributed by atoms with van der Waals surface area (Å²) in [6, 6.07) is 6.44. The van der Waals surface area contributed by atoms with Crippen molar-refractivity contribution >= 4 is 0 Å². The van der Waals surface area contributed by atoms with Crippen molar-refractivity contribution in [1.29, 1.82) is 0 Å². The number of aliphatic hydroxyl groups excluding tert-OH is 1. The SMILES string of the molecule is CC1(C)Cc2cccc(CNCC3CCC(O)C3)c2O1. The Bertz CT molecular complexity index is 484. The van der Waals surface area contributed by atoms with Crippen LogP contribution in [0.4, 0.5) is 0 Å². The summed E-state index contributed by atoms with van der Waals surface area (Å²) < 4.78 is 6.09. The highest BCUT2D eigenvalue weighted by molar-refractivity contribution is 5.45. The summed E-state index contributed by atoms with van der Waals surface area (Å²) in [5.41, 5.74) is 2.51. The fourth-order valence-corrected chi connectivity index (χ4v) is 3.46. The summed E-state index contributed by atoms with van der Waals surface area (Å²) >= 11 is 0. The number of benzene rings is 1. The minimum atomic E-state index is -0.0769. The van der Waals surface area contributed by atoms with E-state index in [0.29, 0.717) is 5.92 Å². The summed E-state index contributed by atoms with van der Waals surface area (Å²) in [7, 11) is 0. The van der Waals surface area contributed by atoms with Gasteiger partial charge in [0.05, 0.1) is 6.10 Å². The maximum atomic E-state index is 9.55. The molecule has 0 radical (unpaired) electrons. The molecule has 20 heavy (non-hydrogen) atoms. The molecule has 2 N–H and O–H groups in total. The number of nitrogens with one attached hydrogen (secondary N) is 1. The molecule has 2 atom stereocenters. The smallest absolute Gasteiger partial charge is 0.127 e. The van der Waals surface area contributed by atoms with Gasteiger partial charge in [-0.05, 0) is 51.1 Å². The molecule has 0 aromatic heterocycles. The van der Waals surface area contributed by atoms with Gasteiger partial charge in [-0.2, -0.15) is 0 Å². The van der Waals surface area contributed by atoms with Gasteiger partial charge in [-0.15, -0.1) is 0 Å². The topological polar surface area (TPSA) is 41.5 Å². The predicted molar refractivity (Wildman–Crippen MR) is 79.9 cm³/mol. The molecule has 0 bridgehead atoms. The van der Waals surface area contributed by atoms with Gasteiger partial charge < -0.3 is 15.2 Å². The second-order valence-electron chi connectivity index (χ2n) is 6.91. The van der Waals surface area contributed by atoms with Gasteiger partial charge in [0.2, 0.25) is 0 Å². The molecule has 2 aliphatic rings. The molecule has 2 unspecified atom stereocenters. The third kappa shape index (κ3) is 2.99. The molecule has 3 nitrogen and oxygen atoms in total. The molecule has 0 saturated heterocycles. The number of rotatable bonds is 4. The van der Waals surface area contributed by atoms with Gasteiger partial charge >= 0.3 is 0 Å². The van der Waals surface area contributed by atoms with Crippen molar-refractivity contribution in [3.05, 3.63) is 29.3 Å². The Morgan fingerprint density at radius 1 is 1.35 bits per heavy atom. The van der Waals surface area contributed by atoms with Gasteiger partial charge in [0.1, 0.15) is 11.4 Å². The Kier molecular flexibility index (Phi) is 3.74. The quantitative estimate of drug-likeness (QED) is 0.887. The summed E-state index contributed by atoms with van der Waals surface area (Å²) in [5, 5.41) is 13.1. The largest absolute Gasteiger partial charge is 0.487 e. The number of ether oxygens (including phenoxy) is 1. The normalized spacial score (nSPS) is 27.4. The predicted octanol–water partition coefficient (Wildman–Crippen LogP) is 2.65. The van der Waals surface area contributed by atoms with E-state index in [0.717, 1.165) is 44.5 Å². The third-order valence-corrected chi connectivity index (χ3v) is 4.43. The van der Waals surface area contributed by atoms with E-state index in [4.69, 9.17) is 4.74 Å². The Hall–Kier alpha value is -1.06. The molecule has 110 valence electrons. The zero-order valence-electron chi connectivity index (χ0n) is 12.5. The summed E-state index contributed by atoms with van der Waals surface area (Å²) in [6.07, 6.45) is 3.97. The van der Waals surface area contributed by atoms with Gasteiger partial charge in [0, 0.05) is 18.5 Å². The van der Waals surface area contributed by atoms with Crippen molar-refractivity contribution < 1.29 is 9.84 Å². The highest BCUT2D eigenvalue weighted by Gasteiger charge is 2.31. The lowest BCUT2D eigenvalue weighted by Gasteiger charge is -2.18. The van der Waals surface area contributed by atoms with E-state index >= 15 is 0 Å². The first kappa shape index (κ1) is 13.9. The van der Waals surface area contributed by atoms with Gasteiger partial charge in [0.15, 0.2) is 0 Å². The second kappa shape index (κ2) is 5.38. The molecule has 1 fully saturated rings. The molecule has 1 heterocycles. The lowest BCUT2D eigenvalue weighted by Crippen LogP contribution is -2.25. The van der Waals surface area contributed by atoms with Crippen LogP contribution in [0, 0.1) is 5.92 Å². The minimum Gasteiger partial charge on any atom is -0.487 e. The molecule has 1 aromatic carbocycles. The first-order valence-corrected chi connectivity index (χ1v) is 7.72. The van der Waals surface area contributed by atoms with E-state index in [2.05, 4.69) is 37.4 Å². The molecule has 3 rings (SSSR count). The van der Waals surface area contributed by atoms with Crippen molar-refractivity contribution in [2.75, 3.05) is 6.54 Å². The van der Waals surface area contributed by atoms with Crippen LogP contribution in [0.25, 0.3) is 0 Å². The van der Waals surface area contributed by atoms with Crippen molar-refractivity contribution in [3.8, 4) is 5.75 Å². The van der Waals surface area contributed by atoms with E-state index in [1.165, 1.54) is 11.1 Å². The zero-order valence-corrected chi connectivity index (χ0v) is 12.5. The lowest BCUT2D eigenvalue weighted by molar-refractivity contribution is 0.137. The maximum absolute atomic E-state index is 9.55. The van der Waals surface area contributed by atoms with Crippen LogP contribution < -0.4 is 10.1 Å². The number of fused-ring (bicyclic) bond motifs is 1. The van der Waals surface area contributed by atoms with Crippen LogP contribution in [-0.4, -0.2) is 23.4 Å². The summed E-state index contributed by atoms with van der Waals surface area (Å²) in [6.45, 7) is 6.13. The molecular formula is C17H25NO2. The summed E-state index contributed by atoms with van der Waals surface area (Å²) in [4.78, 5) is 0. The lowest BCUT2D eigenvalue weighted by atomic mass is 10.0. The van der Waals surface area contributed by atoms with Gasteiger partial charge in [-0.1, -0.05) is 18.2 Å². The highest BCUT2D eigenvalue weighted by atomic mass is 16.5. The number of aliphatic hydroxyl groups is 1. The molecular weight excluding hydrogens is 250 g/mol. The summed E-state index contributed by atoms with van der Waals surface area (Å²) in [5.74, 6) is 1.70. The van der Waals surface area contributed by atoms with Gasteiger partial charge in [-0.3, -0.25) is 0 Å². The van der Waals surface area contributed by atoms with Crippen molar-refractivity contribution in [1.82, 2.24) is 5.32 Å². The standard InChI is InChI=1S/C17H25NO2/c1-17(2)9-13-4-3-5-14(16(13)20-17)11-18-10-12-6-7-15(19)8-12/h3-5,12,15,18-19H,6-11H2,1-2H3. The van der Waals surface area contributed by atoms with E-state index in [1.807, 2.05) is 0 Å². The van der Waals surface area contributed by atoms with Crippen LogP contribution in [0.5, 0.6) is 5.75 Å². The first-order valence-electron chi connectivity index (χ1n) is 7.72. The first-order chi connectivity index (χ1) is 9.53. The van der Waals surface area contributed by atoms with Crippen LogP contribution in [0.15, 0.2) is 18.2 Å². The number of hydrogen-bond acceptors (Lipinski definition) is 3. The van der Waals surface area contributed by atoms with Crippen LogP contribution in [0.2, 0.25) is 0 Å². The number of para-hydroxylation sites is 1. The van der Waals surface area contributed by atoms with E-state index < -0.39 is 0 Å². The van der Waals surface area contributed by atoms with Crippen LogP contribution in [-0.2, 0) is 13.0 Å². The second-order valence-corrected chi connectivity index (χ2v) is 6.91. The Morgan fingerprint density at radius 3 is 2.95 bits per heavy atom. The van der Waals surface area contributed by atoms with Crippen molar-refractivity contribution in [2.24, 2.45) is 5.92 Å². The average molecular weight is 275 g/mol. The number of hydrogen-bond donors (Lipinski definition) is 2. The Morgan fingerprint density at radius 2 is 2.20 bits per heavy atom. The molecule has 1 saturated carbocycles. The fourth-order valence-electron chi connectivity index (χ4n) is 3.46. The van der Waals surface area contributed by atoms with Crippen molar-refractivity contribution in [3.63, 3.8) is 0 Å². The van der Waals surface area contributed by atoms with Crippen LogP contribution in [0.1, 0.15) is 44.2 Å². The maximum Gasteiger partial charge on any atom is 0.127 e. The zero-order chi connectivity index (χ0) is 14.2. The Labute approximate surface area is 121 Å². The molecule has 1 aromatic rings. The molecule has 1 aliphatic heterocycles.